The molecule has 0 spiro atoms. The van der Waals surface area contributed by atoms with Crippen molar-refractivity contribution >= 4 is 11.5 Å². The van der Waals surface area contributed by atoms with Gasteiger partial charge in [-0.25, -0.2) is 0 Å². The van der Waals surface area contributed by atoms with Gasteiger partial charge in [0.05, 0.1) is 10.5 Å². The number of aryl methyl sites for hydroxylation is 2. The van der Waals surface area contributed by atoms with Crippen molar-refractivity contribution in [2.75, 3.05) is 5.73 Å². The van der Waals surface area contributed by atoms with Crippen molar-refractivity contribution in [2.24, 2.45) is 7.05 Å². The first-order chi connectivity index (χ1) is 7.99. The molecular formula is C11H12N4O2. The molecule has 0 saturated carbocycles. The first-order valence-electron chi connectivity index (χ1n) is 5.04. The van der Waals surface area contributed by atoms with Crippen molar-refractivity contribution in [3.8, 4) is 11.3 Å². The molecule has 0 fully saturated rings. The molecule has 0 bridgehead atoms. The zero-order valence-corrected chi connectivity index (χ0v) is 9.54. The van der Waals surface area contributed by atoms with Crippen LogP contribution in [0.25, 0.3) is 11.3 Å². The summed E-state index contributed by atoms with van der Waals surface area (Å²) in [5.41, 5.74) is 7.65. The van der Waals surface area contributed by atoms with E-state index in [2.05, 4.69) is 5.10 Å². The summed E-state index contributed by atoms with van der Waals surface area (Å²) < 4.78 is 1.49. The molecule has 0 amide bonds. The van der Waals surface area contributed by atoms with Crippen molar-refractivity contribution < 1.29 is 4.92 Å². The summed E-state index contributed by atoms with van der Waals surface area (Å²) >= 11 is 0. The van der Waals surface area contributed by atoms with Crippen molar-refractivity contribution in [3.63, 3.8) is 0 Å². The molecule has 0 atom stereocenters. The molecule has 0 unspecified atom stereocenters. The lowest BCUT2D eigenvalue weighted by molar-refractivity contribution is -0.384. The first-order valence-corrected chi connectivity index (χ1v) is 5.04. The highest BCUT2D eigenvalue weighted by atomic mass is 16.6. The molecule has 1 aromatic carbocycles. The maximum absolute atomic E-state index is 10.9. The van der Waals surface area contributed by atoms with E-state index >= 15 is 0 Å². The van der Waals surface area contributed by atoms with Gasteiger partial charge in [0, 0.05) is 19.2 Å². The number of nitrogen functional groups attached to an aromatic ring is 1. The Morgan fingerprint density at radius 1 is 1.41 bits per heavy atom. The number of rotatable bonds is 2. The van der Waals surface area contributed by atoms with Gasteiger partial charge in [0.25, 0.3) is 5.69 Å². The largest absolute Gasteiger partial charge is 0.384 e. The van der Waals surface area contributed by atoms with Crippen LogP contribution in [-0.2, 0) is 7.05 Å². The minimum Gasteiger partial charge on any atom is -0.384 e. The molecule has 2 N–H and O–H groups in total. The lowest BCUT2D eigenvalue weighted by Crippen LogP contribution is -1.97. The van der Waals surface area contributed by atoms with Crippen LogP contribution in [0.5, 0.6) is 0 Å². The second-order valence-electron chi connectivity index (χ2n) is 3.86. The van der Waals surface area contributed by atoms with Gasteiger partial charge in [-0.3, -0.25) is 14.8 Å². The van der Waals surface area contributed by atoms with E-state index in [1.165, 1.54) is 10.7 Å². The Hall–Kier alpha value is -2.37. The van der Waals surface area contributed by atoms with E-state index in [1.54, 1.807) is 25.2 Å². The van der Waals surface area contributed by atoms with E-state index in [0.29, 0.717) is 17.1 Å². The van der Waals surface area contributed by atoms with Crippen LogP contribution >= 0.6 is 0 Å². The molecule has 2 rings (SSSR count). The molecule has 6 nitrogen and oxygen atoms in total. The highest BCUT2D eigenvalue weighted by Crippen LogP contribution is 2.30. The van der Waals surface area contributed by atoms with Crippen LogP contribution in [-0.4, -0.2) is 14.7 Å². The van der Waals surface area contributed by atoms with E-state index in [0.717, 1.165) is 5.56 Å². The summed E-state index contributed by atoms with van der Waals surface area (Å²) in [5, 5.41) is 15.1. The average molecular weight is 232 g/mol. The fraction of sp³-hybridized carbons (Fsp3) is 0.182. The third-order valence-corrected chi connectivity index (χ3v) is 2.54. The van der Waals surface area contributed by atoms with E-state index in [1.807, 2.05) is 6.92 Å². The summed E-state index contributed by atoms with van der Waals surface area (Å²) in [6.45, 7) is 1.87. The van der Waals surface area contributed by atoms with Gasteiger partial charge < -0.3 is 5.73 Å². The maximum Gasteiger partial charge on any atom is 0.278 e. The molecule has 1 heterocycles. The number of nitrogens with two attached hydrogens (primary N) is 1. The van der Waals surface area contributed by atoms with Crippen LogP contribution in [0.2, 0.25) is 0 Å². The van der Waals surface area contributed by atoms with Crippen molar-refractivity contribution in [1.29, 1.82) is 0 Å². The van der Waals surface area contributed by atoms with Crippen LogP contribution in [0.1, 0.15) is 5.56 Å². The number of nitro benzene ring substituents is 1. The standard InChI is InChI=1S/C11H12N4O2/c1-7-3-4-10(15(16)17)8(5-7)9-6-11(12)14(2)13-9/h3-6H,12H2,1-2H3. The molecule has 17 heavy (non-hydrogen) atoms. The van der Waals surface area contributed by atoms with Gasteiger partial charge in [0.2, 0.25) is 0 Å². The maximum atomic E-state index is 10.9. The van der Waals surface area contributed by atoms with Gasteiger partial charge in [0.15, 0.2) is 0 Å². The number of hydrogen-bond acceptors (Lipinski definition) is 4. The Morgan fingerprint density at radius 2 is 2.12 bits per heavy atom. The minimum absolute atomic E-state index is 0.0358. The third kappa shape index (κ3) is 1.96. The van der Waals surface area contributed by atoms with Crippen molar-refractivity contribution in [3.05, 3.63) is 39.9 Å². The van der Waals surface area contributed by atoms with Gasteiger partial charge in [-0.2, -0.15) is 5.10 Å². The van der Waals surface area contributed by atoms with Crippen LogP contribution in [0.3, 0.4) is 0 Å². The smallest absolute Gasteiger partial charge is 0.278 e. The summed E-state index contributed by atoms with van der Waals surface area (Å²) in [6, 6.07) is 6.55. The second kappa shape index (κ2) is 3.89. The second-order valence-corrected chi connectivity index (χ2v) is 3.86. The Morgan fingerprint density at radius 3 is 2.65 bits per heavy atom. The summed E-state index contributed by atoms with van der Waals surface area (Å²) in [4.78, 5) is 10.5. The van der Waals surface area contributed by atoms with Gasteiger partial charge in [-0.1, -0.05) is 6.07 Å². The lowest BCUT2D eigenvalue weighted by Gasteiger charge is -2.00. The molecule has 2 aromatic rings. The molecule has 0 saturated heterocycles. The van der Waals surface area contributed by atoms with Crippen LogP contribution < -0.4 is 5.73 Å². The average Bonchev–Trinajstić information content (AvgIpc) is 2.58. The van der Waals surface area contributed by atoms with Crippen LogP contribution in [0.15, 0.2) is 24.3 Å². The summed E-state index contributed by atoms with van der Waals surface area (Å²) in [6.07, 6.45) is 0. The molecule has 1 aromatic heterocycles. The summed E-state index contributed by atoms with van der Waals surface area (Å²) in [5.74, 6) is 0.468. The first kappa shape index (κ1) is 11.1. The molecule has 0 aliphatic carbocycles. The Kier molecular flexibility index (Phi) is 2.55. The number of hydrogen-bond donors (Lipinski definition) is 1. The van der Waals surface area contributed by atoms with E-state index in [9.17, 15) is 10.1 Å². The Labute approximate surface area is 97.8 Å². The normalized spacial score (nSPS) is 10.5. The quantitative estimate of drug-likeness (QED) is 0.632. The number of benzene rings is 1. The predicted octanol–water partition coefficient (Wildman–Crippen LogP) is 1.89. The SMILES string of the molecule is Cc1ccc([N+](=O)[O-])c(-c2cc(N)n(C)n2)c1. The highest BCUT2D eigenvalue weighted by molar-refractivity contribution is 5.72. The Bertz CT molecular complexity index is 570. The highest BCUT2D eigenvalue weighted by Gasteiger charge is 2.17. The number of nitro groups is 1. The van der Waals surface area contributed by atoms with Gasteiger partial charge in [-0.15, -0.1) is 0 Å². The molecule has 0 radical (unpaired) electrons. The number of nitrogens with zero attached hydrogens (tertiary/aromatic N) is 3. The fourth-order valence-electron chi connectivity index (χ4n) is 1.63. The van der Waals surface area contributed by atoms with E-state index in [4.69, 9.17) is 5.73 Å². The van der Waals surface area contributed by atoms with Crippen molar-refractivity contribution in [2.45, 2.75) is 6.92 Å². The zero-order valence-electron chi connectivity index (χ0n) is 9.54. The van der Waals surface area contributed by atoms with Crippen LogP contribution in [0.4, 0.5) is 11.5 Å². The van der Waals surface area contributed by atoms with E-state index < -0.39 is 4.92 Å². The Balaban J connectivity index is 2.64. The molecule has 88 valence electrons. The van der Waals surface area contributed by atoms with Gasteiger partial charge in [0.1, 0.15) is 11.5 Å². The topological polar surface area (TPSA) is 87.0 Å². The number of aromatic nitrogens is 2. The monoisotopic (exact) mass is 232 g/mol. The van der Waals surface area contributed by atoms with Gasteiger partial charge in [-0.05, 0) is 18.6 Å². The molecule has 0 aliphatic rings. The lowest BCUT2D eigenvalue weighted by atomic mass is 10.1. The third-order valence-electron chi connectivity index (χ3n) is 2.54. The number of anilines is 1. The summed E-state index contributed by atoms with van der Waals surface area (Å²) in [7, 11) is 1.69. The minimum atomic E-state index is -0.417. The molecule has 0 aliphatic heterocycles. The fourth-order valence-corrected chi connectivity index (χ4v) is 1.63. The van der Waals surface area contributed by atoms with Gasteiger partial charge >= 0.3 is 0 Å². The zero-order chi connectivity index (χ0) is 12.6. The molecule has 6 heteroatoms. The molecular weight excluding hydrogens is 220 g/mol. The van der Waals surface area contributed by atoms with E-state index in [-0.39, 0.29) is 5.69 Å². The van der Waals surface area contributed by atoms with Crippen molar-refractivity contribution in [1.82, 2.24) is 9.78 Å². The predicted molar refractivity (Wildman–Crippen MR) is 64.4 cm³/mol. The van der Waals surface area contributed by atoms with Crippen LogP contribution in [0, 0.1) is 17.0 Å².